The molecule has 0 bridgehead atoms. The molecule has 0 radical (unpaired) electrons. The summed E-state index contributed by atoms with van der Waals surface area (Å²) in [5.41, 5.74) is 1.62. The minimum atomic E-state index is -0.131. The topological polar surface area (TPSA) is 30.2 Å². The average Bonchev–Trinajstić information content (AvgIpc) is 2.47. The maximum Gasteiger partial charge on any atom is 0.167 e. The molecule has 0 aromatic carbocycles. The van der Waals surface area contributed by atoms with Crippen molar-refractivity contribution in [2.45, 2.75) is 26.7 Å². The molecule has 74 valence electrons. The highest BCUT2D eigenvalue weighted by Crippen LogP contribution is 2.37. The number of rotatable bonds is 1. The van der Waals surface area contributed by atoms with Crippen molar-refractivity contribution in [3.05, 3.63) is 35.8 Å². The highest BCUT2D eigenvalue weighted by Gasteiger charge is 2.35. The number of Topliss-reactive ketones (excluding diaryl/α,β-unsaturated/α-hetero) is 1. The van der Waals surface area contributed by atoms with Gasteiger partial charge in [-0.25, -0.2) is 0 Å². The fourth-order valence-electron chi connectivity index (χ4n) is 2.03. The molecule has 1 unspecified atom stereocenters. The molecular weight excluding hydrogens is 176 g/mol. The first-order valence-electron chi connectivity index (χ1n) is 4.79. The number of hydrogen-bond donors (Lipinski definition) is 0. The van der Waals surface area contributed by atoms with Crippen LogP contribution in [0.5, 0.6) is 0 Å². The van der Waals surface area contributed by atoms with Crippen molar-refractivity contribution in [2.24, 2.45) is 5.41 Å². The zero-order valence-corrected chi connectivity index (χ0v) is 8.59. The summed E-state index contributed by atoms with van der Waals surface area (Å²) in [7, 11) is 0. The summed E-state index contributed by atoms with van der Waals surface area (Å²) in [4.78, 5) is 11.8. The van der Waals surface area contributed by atoms with E-state index in [-0.39, 0.29) is 11.2 Å². The van der Waals surface area contributed by atoms with Gasteiger partial charge in [-0.1, -0.05) is 13.0 Å². The van der Waals surface area contributed by atoms with Crippen LogP contribution in [-0.2, 0) is 6.42 Å². The van der Waals surface area contributed by atoms with Crippen LogP contribution in [-0.4, -0.2) is 5.78 Å². The Kier molecular flexibility index (Phi) is 1.88. The molecule has 1 aliphatic carbocycles. The van der Waals surface area contributed by atoms with Gasteiger partial charge in [-0.15, -0.1) is 6.58 Å². The highest BCUT2D eigenvalue weighted by molar-refractivity contribution is 6.00. The number of fused-ring (bicyclic) bond motifs is 1. The number of allylic oxidation sites excluding steroid dienone is 1. The minimum Gasteiger partial charge on any atom is -0.468 e. The van der Waals surface area contributed by atoms with E-state index >= 15 is 0 Å². The fourth-order valence-corrected chi connectivity index (χ4v) is 2.03. The molecule has 2 rings (SSSR count). The quantitative estimate of drug-likeness (QED) is 0.637. The van der Waals surface area contributed by atoms with Gasteiger partial charge in [-0.2, -0.15) is 0 Å². The smallest absolute Gasteiger partial charge is 0.167 e. The summed E-state index contributed by atoms with van der Waals surface area (Å²) in [5, 5.41) is 0. The molecule has 0 saturated heterocycles. The number of carbonyl (C=O) groups is 1. The molecule has 1 heterocycles. The predicted octanol–water partition coefficient (Wildman–Crippen LogP) is 2.91. The Hall–Kier alpha value is -1.31. The van der Waals surface area contributed by atoms with Crippen LogP contribution in [0.1, 0.15) is 35.0 Å². The van der Waals surface area contributed by atoms with E-state index in [1.807, 2.05) is 19.9 Å². The van der Waals surface area contributed by atoms with E-state index < -0.39 is 0 Å². The van der Waals surface area contributed by atoms with Crippen LogP contribution < -0.4 is 0 Å². The molecule has 1 atom stereocenters. The summed E-state index contributed by atoms with van der Waals surface area (Å²) >= 11 is 0. The summed E-state index contributed by atoms with van der Waals surface area (Å²) in [6.45, 7) is 7.73. The molecule has 2 heteroatoms. The lowest BCUT2D eigenvalue weighted by atomic mass is 9.74. The van der Waals surface area contributed by atoms with E-state index in [4.69, 9.17) is 4.42 Å². The van der Waals surface area contributed by atoms with Gasteiger partial charge in [0.2, 0.25) is 0 Å². The molecule has 1 aliphatic rings. The van der Waals surface area contributed by atoms with E-state index in [0.29, 0.717) is 6.42 Å². The monoisotopic (exact) mass is 190 g/mol. The number of carbonyl (C=O) groups excluding carboxylic acids is 1. The summed E-state index contributed by atoms with van der Waals surface area (Å²) in [6.07, 6.45) is 4.85. The molecule has 2 nitrogen and oxygen atoms in total. The van der Waals surface area contributed by atoms with Gasteiger partial charge in [-0.3, -0.25) is 4.79 Å². The first-order valence-corrected chi connectivity index (χ1v) is 4.79. The normalized spacial score (nSPS) is 26.0. The van der Waals surface area contributed by atoms with Gasteiger partial charge < -0.3 is 4.42 Å². The fraction of sp³-hybridized carbons (Fsp3) is 0.417. The van der Waals surface area contributed by atoms with Gasteiger partial charge in [-0.05, 0) is 17.9 Å². The number of hydrogen-bond acceptors (Lipinski definition) is 2. The molecule has 1 aromatic rings. The van der Waals surface area contributed by atoms with Crippen LogP contribution in [0.4, 0.5) is 0 Å². The Bertz CT molecular complexity index is 400. The molecule has 0 spiro atoms. The molecular formula is C12H14O2. The Morgan fingerprint density at radius 3 is 2.93 bits per heavy atom. The largest absolute Gasteiger partial charge is 0.468 e. The molecule has 0 N–H and O–H groups in total. The highest BCUT2D eigenvalue weighted by atomic mass is 16.3. The van der Waals surface area contributed by atoms with Crippen molar-refractivity contribution in [2.75, 3.05) is 0 Å². The van der Waals surface area contributed by atoms with Gasteiger partial charge in [0.25, 0.3) is 0 Å². The lowest BCUT2D eigenvalue weighted by Crippen LogP contribution is -2.27. The first kappa shape index (κ1) is 9.25. The van der Waals surface area contributed by atoms with E-state index in [1.54, 1.807) is 6.26 Å². The van der Waals surface area contributed by atoms with E-state index in [1.165, 1.54) is 0 Å². The van der Waals surface area contributed by atoms with Crippen molar-refractivity contribution < 1.29 is 9.21 Å². The molecule has 14 heavy (non-hydrogen) atoms. The average molecular weight is 190 g/mol. The lowest BCUT2D eigenvalue weighted by molar-refractivity contribution is 0.0920. The molecule has 0 saturated carbocycles. The van der Waals surface area contributed by atoms with E-state index in [2.05, 4.69) is 6.58 Å². The number of aryl methyl sites for hydroxylation is 1. The van der Waals surface area contributed by atoms with Crippen molar-refractivity contribution in [3.63, 3.8) is 0 Å². The van der Waals surface area contributed by atoms with Crippen LogP contribution in [0.25, 0.3) is 0 Å². The Morgan fingerprint density at radius 2 is 2.29 bits per heavy atom. The third kappa shape index (κ3) is 1.22. The van der Waals surface area contributed by atoms with Crippen LogP contribution in [0, 0.1) is 12.3 Å². The van der Waals surface area contributed by atoms with Gasteiger partial charge in [0.1, 0.15) is 5.76 Å². The Labute approximate surface area is 83.6 Å². The minimum absolute atomic E-state index is 0.131. The van der Waals surface area contributed by atoms with E-state index in [9.17, 15) is 4.79 Å². The SMILES string of the molecule is C=CC1(C)CC(=O)c2c(C)coc2C1. The Balaban J connectivity index is 2.49. The molecule has 0 amide bonds. The van der Waals surface area contributed by atoms with Crippen LogP contribution in [0.15, 0.2) is 23.3 Å². The summed E-state index contributed by atoms with van der Waals surface area (Å²) in [6, 6.07) is 0. The second-order valence-corrected chi connectivity index (χ2v) is 4.35. The number of furan rings is 1. The second kappa shape index (κ2) is 2.84. The van der Waals surface area contributed by atoms with Crippen molar-refractivity contribution in [1.82, 2.24) is 0 Å². The third-order valence-corrected chi connectivity index (χ3v) is 2.95. The summed E-state index contributed by atoms with van der Waals surface area (Å²) in [5.74, 6) is 1.00. The maximum atomic E-state index is 11.8. The maximum absolute atomic E-state index is 11.8. The van der Waals surface area contributed by atoms with Gasteiger partial charge in [0.05, 0.1) is 11.8 Å². The third-order valence-electron chi connectivity index (χ3n) is 2.95. The van der Waals surface area contributed by atoms with Crippen LogP contribution in [0.3, 0.4) is 0 Å². The number of ketones is 1. The molecule has 0 aliphatic heterocycles. The zero-order chi connectivity index (χ0) is 10.3. The van der Waals surface area contributed by atoms with Crippen molar-refractivity contribution in [1.29, 1.82) is 0 Å². The lowest BCUT2D eigenvalue weighted by Gasteiger charge is -2.28. The predicted molar refractivity (Wildman–Crippen MR) is 54.4 cm³/mol. The van der Waals surface area contributed by atoms with Crippen molar-refractivity contribution in [3.8, 4) is 0 Å². The van der Waals surface area contributed by atoms with Gasteiger partial charge in [0.15, 0.2) is 5.78 Å². The van der Waals surface area contributed by atoms with E-state index in [0.717, 1.165) is 23.3 Å². The van der Waals surface area contributed by atoms with Crippen LogP contribution in [0.2, 0.25) is 0 Å². The second-order valence-electron chi connectivity index (χ2n) is 4.35. The molecule has 0 fully saturated rings. The van der Waals surface area contributed by atoms with Crippen molar-refractivity contribution >= 4 is 5.78 Å². The van der Waals surface area contributed by atoms with Gasteiger partial charge in [0, 0.05) is 12.8 Å². The van der Waals surface area contributed by atoms with Gasteiger partial charge >= 0.3 is 0 Å². The molecule has 1 aromatic heterocycles. The Morgan fingerprint density at radius 1 is 1.57 bits per heavy atom. The standard InChI is InChI=1S/C12H14O2/c1-4-12(3)5-9(13)11-8(2)7-14-10(11)6-12/h4,7H,1,5-6H2,2-3H3. The first-order chi connectivity index (χ1) is 6.56. The zero-order valence-electron chi connectivity index (χ0n) is 8.59. The van der Waals surface area contributed by atoms with Crippen LogP contribution >= 0.6 is 0 Å². The summed E-state index contributed by atoms with van der Waals surface area (Å²) < 4.78 is 5.39.